The SMILES string of the molecule is CCOC(=O)C1=C(C)NC(=O)NC1c1ccccc1OC(C)=O. The summed E-state index contributed by atoms with van der Waals surface area (Å²) >= 11 is 0. The molecule has 1 aromatic rings. The summed E-state index contributed by atoms with van der Waals surface area (Å²) in [6, 6.07) is 5.50. The average molecular weight is 318 g/mol. The molecule has 1 unspecified atom stereocenters. The molecule has 1 aliphatic rings. The molecule has 2 amide bonds. The maximum Gasteiger partial charge on any atom is 0.338 e. The highest BCUT2D eigenvalue weighted by molar-refractivity contribution is 5.95. The predicted octanol–water partition coefficient (Wildman–Crippen LogP) is 1.80. The molecule has 1 aliphatic heterocycles. The third-order valence-corrected chi connectivity index (χ3v) is 3.25. The Morgan fingerprint density at radius 2 is 1.96 bits per heavy atom. The Kier molecular flexibility index (Phi) is 5.00. The quantitative estimate of drug-likeness (QED) is 0.652. The first-order valence-corrected chi connectivity index (χ1v) is 7.16. The topological polar surface area (TPSA) is 93.7 Å². The Bertz CT molecular complexity index is 681. The van der Waals surface area contributed by atoms with Gasteiger partial charge in [-0.25, -0.2) is 9.59 Å². The summed E-state index contributed by atoms with van der Waals surface area (Å²) in [4.78, 5) is 35.3. The van der Waals surface area contributed by atoms with Crippen LogP contribution in [-0.2, 0) is 14.3 Å². The lowest BCUT2D eigenvalue weighted by Crippen LogP contribution is -2.45. The normalized spacial score (nSPS) is 17.2. The van der Waals surface area contributed by atoms with Crippen molar-refractivity contribution in [1.82, 2.24) is 10.6 Å². The minimum absolute atomic E-state index is 0.210. The molecule has 0 aliphatic carbocycles. The van der Waals surface area contributed by atoms with Gasteiger partial charge in [-0.15, -0.1) is 0 Å². The second-order valence-corrected chi connectivity index (χ2v) is 4.92. The van der Waals surface area contributed by atoms with Crippen molar-refractivity contribution >= 4 is 18.0 Å². The molecule has 0 radical (unpaired) electrons. The van der Waals surface area contributed by atoms with E-state index in [1.54, 1.807) is 38.1 Å². The van der Waals surface area contributed by atoms with E-state index in [9.17, 15) is 14.4 Å². The summed E-state index contributed by atoms with van der Waals surface area (Å²) < 4.78 is 10.2. The fraction of sp³-hybridized carbons (Fsp3) is 0.312. The van der Waals surface area contributed by atoms with Gasteiger partial charge in [0, 0.05) is 18.2 Å². The first kappa shape index (κ1) is 16.5. The molecule has 23 heavy (non-hydrogen) atoms. The lowest BCUT2D eigenvalue weighted by atomic mass is 9.95. The monoisotopic (exact) mass is 318 g/mol. The van der Waals surface area contributed by atoms with Gasteiger partial charge in [0.1, 0.15) is 5.75 Å². The van der Waals surface area contributed by atoms with Gasteiger partial charge in [-0.05, 0) is 19.9 Å². The zero-order chi connectivity index (χ0) is 17.0. The van der Waals surface area contributed by atoms with Crippen LogP contribution in [0, 0.1) is 0 Å². The van der Waals surface area contributed by atoms with Gasteiger partial charge in [0.2, 0.25) is 0 Å². The number of hydrogen-bond acceptors (Lipinski definition) is 5. The third-order valence-electron chi connectivity index (χ3n) is 3.25. The number of hydrogen-bond donors (Lipinski definition) is 2. The standard InChI is InChI=1S/C16H18N2O5/c1-4-22-15(20)13-9(2)17-16(21)18-14(13)11-7-5-6-8-12(11)23-10(3)19/h5-8,14H,4H2,1-3H3,(H2,17,18,21). The fourth-order valence-corrected chi connectivity index (χ4v) is 2.37. The molecular formula is C16H18N2O5. The average Bonchev–Trinajstić information content (AvgIpc) is 2.46. The molecule has 1 heterocycles. The number of allylic oxidation sites excluding steroid dienone is 1. The summed E-state index contributed by atoms with van der Waals surface area (Å²) in [6.45, 7) is 4.81. The number of ether oxygens (including phenoxy) is 2. The maximum absolute atomic E-state index is 12.3. The van der Waals surface area contributed by atoms with E-state index in [1.807, 2.05) is 0 Å². The molecular weight excluding hydrogens is 300 g/mol. The second-order valence-electron chi connectivity index (χ2n) is 4.92. The summed E-state index contributed by atoms with van der Waals surface area (Å²) in [7, 11) is 0. The Morgan fingerprint density at radius 1 is 1.26 bits per heavy atom. The number of nitrogens with one attached hydrogen (secondary N) is 2. The van der Waals surface area contributed by atoms with Gasteiger partial charge in [0.15, 0.2) is 0 Å². The van der Waals surface area contributed by atoms with Crippen molar-refractivity contribution in [3.63, 3.8) is 0 Å². The Balaban J connectivity index is 2.50. The molecule has 0 bridgehead atoms. The summed E-state index contributed by atoms with van der Waals surface area (Å²) in [5.74, 6) is -0.752. The number of para-hydroxylation sites is 1. The largest absolute Gasteiger partial charge is 0.463 e. The van der Waals surface area contributed by atoms with Gasteiger partial charge < -0.3 is 20.1 Å². The minimum atomic E-state index is -0.765. The van der Waals surface area contributed by atoms with E-state index in [0.29, 0.717) is 11.3 Å². The number of esters is 2. The smallest absolute Gasteiger partial charge is 0.338 e. The van der Waals surface area contributed by atoms with Crippen molar-refractivity contribution in [3.8, 4) is 5.75 Å². The van der Waals surface area contributed by atoms with Crippen LogP contribution in [0.3, 0.4) is 0 Å². The van der Waals surface area contributed by atoms with Crippen LogP contribution >= 0.6 is 0 Å². The molecule has 2 N–H and O–H groups in total. The number of carbonyl (C=O) groups excluding carboxylic acids is 3. The van der Waals surface area contributed by atoms with E-state index in [4.69, 9.17) is 9.47 Å². The van der Waals surface area contributed by atoms with Gasteiger partial charge in [0.05, 0.1) is 18.2 Å². The highest BCUT2D eigenvalue weighted by Crippen LogP contribution is 2.33. The Labute approximate surface area is 133 Å². The maximum atomic E-state index is 12.3. The molecule has 0 saturated heterocycles. The van der Waals surface area contributed by atoms with Crippen LogP contribution in [0.2, 0.25) is 0 Å². The zero-order valence-corrected chi connectivity index (χ0v) is 13.1. The van der Waals surface area contributed by atoms with Gasteiger partial charge >= 0.3 is 18.0 Å². The first-order valence-electron chi connectivity index (χ1n) is 7.16. The van der Waals surface area contributed by atoms with Crippen molar-refractivity contribution in [1.29, 1.82) is 0 Å². The highest BCUT2D eigenvalue weighted by atomic mass is 16.5. The molecule has 2 rings (SSSR count). The van der Waals surface area contributed by atoms with Gasteiger partial charge in [-0.1, -0.05) is 18.2 Å². The second kappa shape index (κ2) is 6.95. The van der Waals surface area contributed by atoms with Gasteiger partial charge in [-0.3, -0.25) is 4.79 Å². The summed E-state index contributed by atoms with van der Waals surface area (Å²) in [6.07, 6.45) is 0. The number of urea groups is 1. The Morgan fingerprint density at radius 3 is 2.61 bits per heavy atom. The van der Waals surface area contributed by atoms with Crippen molar-refractivity contribution in [2.24, 2.45) is 0 Å². The molecule has 0 saturated carbocycles. The van der Waals surface area contributed by atoms with E-state index in [-0.39, 0.29) is 17.9 Å². The lowest BCUT2D eigenvalue weighted by molar-refractivity contribution is -0.139. The number of rotatable bonds is 4. The van der Waals surface area contributed by atoms with Crippen LogP contribution in [0.15, 0.2) is 35.5 Å². The molecule has 1 aromatic carbocycles. The molecule has 7 nitrogen and oxygen atoms in total. The minimum Gasteiger partial charge on any atom is -0.463 e. The number of carbonyl (C=O) groups is 3. The van der Waals surface area contributed by atoms with Crippen molar-refractivity contribution in [2.45, 2.75) is 26.8 Å². The van der Waals surface area contributed by atoms with Crippen LogP contribution in [-0.4, -0.2) is 24.6 Å². The van der Waals surface area contributed by atoms with E-state index in [0.717, 1.165) is 0 Å². The number of benzene rings is 1. The van der Waals surface area contributed by atoms with Crippen molar-refractivity contribution in [2.75, 3.05) is 6.61 Å². The third kappa shape index (κ3) is 3.68. The zero-order valence-electron chi connectivity index (χ0n) is 13.1. The van der Waals surface area contributed by atoms with Gasteiger partial charge in [-0.2, -0.15) is 0 Å². The lowest BCUT2D eigenvalue weighted by Gasteiger charge is -2.28. The number of amides is 2. The van der Waals surface area contributed by atoms with E-state index in [1.165, 1.54) is 6.92 Å². The van der Waals surface area contributed by atoms with E-state index in [2.05, 4.69) is 10.6 Å². The van der Waals surface area contributed by atoms with Crippen LogP contribution in [0.4, 0.5) is 4.79 Å². The van der Waals surface area contributed by atoms with E-state index >= 15 is 0 Å². The molecule has 0 spiro atoms. The summed E-state index contributed by atoms with van der Waals surface area (Å²) in [5.41, 5.74) is 1.17. The first-order chi connectivity index (χ1) is 10.9. The van der Waals surface area contributed by atoms with Crippen molar-refractivity contribution < 1.29 is 23.9 Å². The Hall–Kier alpha value is -2.83. The van der Waals surface area contributed by atoms with Crippen LogP contribution in [0.5, 0.6) is 5.75 Å². The fourth-order valence-electron chi connectivity index (χ4n) is 2.37. The predicted molar refractivity (Wildman–Crippen MR) is 81.5 cm³/mol. The van der Waals surface area contributed by atoms with Crippen LogP contribution < -0.4 is 15.4 Å². The summed E-state index contributed by atoms with van der Waals surface area (Å²) in [5, 5.41) is 5.22. The van der Waals surface area contributed by atoms with Crippen molar-refractivity contribution in [3.05, 3.63) is 41.1 Å². The molecule has 0 aromatic heterocycles. The molecule has 1 atom stereocenters. The molecule has 0 fully saturated rings. The highest BCUT2D eigenvalue weighted by Gasteiger charge is 2.33. The molecule has 122 valence electrons. The molecule has 7 heteroatoms. The van der Waals surface area contributed by atoms with Crippen LogP contribution in [0.25, 0.3) is 0 Å². The van der Waals surface area contributed by atoms with Crippen LogP contribution in [0.1, 0.15) is 32.4 Å². The van der Waals surface area contributed by atoms with Gasteiger partial charge in [0.25, 0.3) is 0 Å². The van der Waals surface area contributed by atoms with E-state index < -0.39 is 24.0 Å².